The fourth-order valence-electron chi connectivity index (χ4n) is 4.27. The van der Waals surface area contributed by atoms with Crippen molar-refractivity contribution in [3.8, 4) is 5.69 Å². The van der Waals surface area contributed by atoms with Crippen molar-refractivity contribution in [2.45, 2.75) is 51.6 Å². The second-order valence-corrected chi connectivity index (χ2v) is 10.3. The number of ether oxygens (including phenoxy) is 1. The molecule has 1 saturated heterocycles. The van der Waals surface area contributed by atoms with E-state index in [0.717, 1.165) is 17.0 Å². The van der Waals surface area contributed by atoms with Crippen molar-refractivity contribution in [2.75, 3.05) is 11.5 Å². The third-order valence-electron chi connectivity index (χ3n) is 5.91. The van der Waals surface area contributed by atoms with E-state index < -0.39 is 53.2 Å². The maximum atomic E-state index is 13.9. The van der Waals surface area contributed by atoms with Gasteiger partial charge in [0.25, 0.3) is 0 Å². The fraction of sp³-hybridized carbons (Fsp3) is 0.360. The minimum Gasteiger partial charge on any atom is -0.465 e. The van der Waals surface area contributed by atoms with Gasteiger partial charge in [0.2, 0.25) is 0 Å². The standard InChI is InChI=1S/C25H24ClF4N5O4/c1-13-9-14(25(28,29)30)10-19(32-13)35-20(18(12-39-24(2,3)4)34(22(35)36)23(37)38)21-31-7-8-33(21)15-5-6-17(27)16(26)11-15/h5-11,18,20H,12H2,1-4H3,(H,37,38). The summed E-state index contributed by atoms with van der Waals surface area (Å²) in [5, 5.41) is 9.78. The monoisotopic (exact) mass is 569 g/mol. The number of alkyl halides is 3. The zero-order chi connectivity index (χ0) is 28.9. The maximum Gasteiger partial charge on any atom is 0.416 e. The zero-order valence-corrected chi connectivity index (χ0v) is 22.0. The van der Waals surface area contributed by atoms with Gasteiger partial charge in [-0.25, -0.2) is 28.8 Å². The lowest BCUT2D eigenvalue weighted by molar-refractivity contribution is -0.137. The lowest BCUT2D eigenvalue weighted by Crippen LogP contribution is -2.43. The van der Waals surface area contributed by atoms with Crippen LogP contribution in [-0.4, -0.2) is 54.9 Å². The number of anilines is 1. The van der Waals surface area contributed by atoms with Crippen molar-refractivity contribution in [3.63, 3.8) is 0 Å². The number of carboxylic acid groups (broad SMARTS) is 1. The topological polar surface area (TPSA) is 101 Å². The summed E-state index contributed by atoms with van der Waals surface area (Å²) < 4.78 is 62.2. The van der Waals surface area contributed by atoms with Crippen LogP contribution in [0.5, 0.6) is 0 Å². The first-order valence-electron chi connectivity index (χ1n) is 11.6. The molecule has 4 rings (SSSR count). The van der Waals surface area contributed by atoms with Gasteiger partial charge in [-0.2, -0.15) is 13.2 Å². The molecular formula is C25H24ClF4N5O4. The molecule has 3 aromatic rings. The maximum absolute atomic E-state index is 13.9. The van der Waals surface area contributed by atoms with E-state index in [2.05, 4.69) is 9.97 Å². The molecule has 1 fully saturated rings. The lowest BCUT2D eigenvalue weighted by Gasteiger charge is -2.29. The predicted octanol–water partition coefficient (Wildman–Crippen LogP) is 6.23. The number of amides is 3. The van der Waals surface area contributed by atoms with Crippen molar-refractivity contribution < 1.29 is 37.0 Å². The third kappa shape index (κ3) is 5.69. The Morgan fingerprint density at radius 2 is 1.87 bits per heavy atom. The molecule has 1 aromatic carbocycles. The van der Waals surface area contributed by atoms with E-state index in [0.29, 0.717) is 16.7 Å². The summed E-state index contributed by atoms with van der Waals surface area (Å²) in [7, 11) is 0. The van der Waals surface area contributed by atoms with Crippen molar-refractivity contribution in [3.05, 3.63) is 70.6 Å². The minimum atomic E-state index is -4.76. The normalized spacial score (nSPS) is 18.2. The van der Waals surface area contributed by atoms with Gasteiger partial charge in [0, 0.05) is 23.8 Å². The van der Waals surface area contributed by atoms with Gasteiger partial charge in [-0.3, -0.25) is 4.90 Å². The molecule has 2 aromatic heterocycles. The van der Waals surface area contributed by atoms with Gasteiger partial charge >= 0.3 is 18.3 Å². The van der Waals surface area contributed by atoms with Crippen LogP contribution in [0, 0.1) is 12.7 Å². The average Bonchev–Trinajstić information content (AvgIpc) is 3.40. The van der Waals surface area contributed by atoms with Crippen LogP contribution in [0.3, 0.4) is 0 Å². The zero-order valence-electron chi connectivity index (χ0n) is 21.2. The number of halogens is 5. The molecule has 208 valence electrons. The Bertz CT molecular complexity index is 1420. The summed E-state index contributed by atoms with van der Waals surface area (Å²) in [6, 6.07) is 1.62. The molecule has 1 aliphatic heterocycles. The molecule has 3 heterocycles. The second-order valence-electron chi connectivity index (χ2n) is 9.85. The molecule has 0 spiro atoms. The third-order valence-corrected chi connectivity index (χ3v) is 6.20. The first-order valence-corrected chi connectivity index (χ1v) is 12.0. The molecule has 0 aliphatic carbocycles. The largest absolute Gasteiger partial charge is 0.465 e. The van der Waals surface area contributed by atoms with Crippen LogP contribution in [0.4, 0.5) is 33.0 Å². The molecule has 2 unspecified atom stereocenters. The molecule has 9 nitrogen and oxygen atoms in total. The van der Waals surface area contributed by atoms with Crippen LogP contribution in [0.1, 0.15) is 43.9 Å². The highest BCUT2D eigenvalue weighted by Gasteiger charge is 2.53. The number of imidazole rings is 1. The second kappa shape index (κ2) is 10.1. The molecule has 14 heteroatoms. The Morgan fingerprint density at radius 3 is 2.46 bits per heavy atom. The first kappa shape index (κ1) is 28.3. The number of benzene rings is 1. The van der Waals surface area contributed by atoms with Crippen LogP contribution in [0.2, 0.25) is 5.02 Å². The number of nitrogens with zero attached hydrogens (tertiary/aromatic N) is 5. The van der Waals surface area contributed by atoms with Gasteiger partial charge in [-0.05, 0) is 58.0 Å². The van der Waals surface area contributed by atoms with E-state index >= 15 is 0 Å². The molecule has 0 saturated carbocycles. The van der Waals surface area contributed by atoms with Crippen LogP contribution in [0.25, 0.3) is 5.69 Å². The van der Waals surface area contributed by atoms with Gasteiger partial charge in [-0.1, -0.05) is 11.6 Å². The van der Waals surface area contributed by atoms with Gasteiger partial charge < -0.3 is 14.4 Å². The highest BCUT2D eigenvalue weighted by Crippen LogP contribution is 2.41. The highest BCUT2D eigenvalue weighted by molar-refractivity contribution is 6.30. The Kier molecular flexibility index (Phi) is 7.34. The number of aryl methyl sites for hydroxylation is 1. The Hall–Kier alpha value is -3.71. The Morgan fingerprint density at radius 1 is 1.18 bits per heavy atom. The van der Waals surface area contributed by atoms with E-state index in [1.54, 1.807) is 20.8 Å². The van der Waals surface area contributed by atoms with Crippen molar-refractivity contribution in [2.24, 2.45) is 0 Å². The summed E-state index contributed by atoms with van der Waals surface area (Å²) >= 11 is 5.97. The predicted molar refractivity (Wildman–Crippen MR) is 132 cm³/mol. The van der Waals surface area contributed by atoms with Crippen LogP contribution in [0.15, 0.2) is 42.7 Å². The smallest absolute Gasteiger partial charge is 0.416 e. The average molecular weight is 570 g/mol. The molecule has 1 N–H and O–H groups in total. The van der Waals surface area contributed by atoms with Gasteiger partial charge in [0.15, 0.2) is 0 Å². The summed E-state index contributed by atoms with van der Waals surface area (Å²) in [4.78, 5) is 35.7. The molecule has 3 amide bonds. The SMILES string of the molecule is Cc1cc(C(F)(F)F)cc(N2C(=O)N(C(=O)O)C(COC(C)(C)C)C2c2nccn2-c2ccc(F)c(Cl)c2)n1. The van der Waals surface area contributed by atoms with E-state index in [1.807, 2.05) is 0 Å². The summed E-state index contributed by atoms with van der Waals surface area (Å²) in [5.74, 6) is -1.04. The molecule has 2 atom stereocenters. The Balaban J connectivity index is 1.95. The van der Waals surface area contributed by atoms with Gasteiger partial charge in [-0.15, -0.1) is 0 Å². The number of pyridine rings is 1. The number of carbonyl (C=O) groups is 2. The first-order chi connectivity index (χ1) is 18.1. The van der Waals surface area contributed by atoms with Crippen LogP contribution >= 0.6 is 11.6 Å². The molecule has 0 radical (unpaired) electrons. The summed E-state index contributed by atoms with van der Waals surface area (Å²) in [6.45, 7) is 6.19. The van der Waals surface area contributed by atoms with E-state index in [9.17, 15) is 32.3 Å². The van der Waals surface area contributed by atoms with E-state index in [4.69, 9.17) is 16.3 Å². The van der Waals surface area contributed by atoms with E-state index in [1.165, 1.54) is 36.0 Å². The molecule has 0 bridgehead atoms. The number of hydrogen-bond donors (Lipinski definition) is 1. The van der Waals surface area contributed by atoms with Gasteiger partial charge in [0.05, 0.1) is 28.8 Å². The minimum absolute atomic E-state index is 0.0451. The number of rotatable bonds is 5. The quantitative estimate of drug-likeness (QED) is 0.366. The number of hydrogen-bond acceptors (Lipinski definition) is 5. The van der Waals surface area contributed by atoms with Crippen LogP contribution in [-0.2, 0) is 10.9 Å². The van der Waals surface area contributed by atoms with Crippen LogP contribution < -0.4 is 4.90 Å². The number of aromatic nitrogens is 3. The number of urea groups is 1. The number of imide groups is 1. The van der Waals surface area contributed by atoms with Gasteiger partial charge in [0.1, 0.15) is 23.5 Å². The lowest BCUT2D eigenvalue weighted by atomic mass is 10.1. The highest BCUT2D eigenvalue weighted by atomic mass is 35.5. The molecule has 39 heavy (non-hydrogen) atoms. The van der Waals surface area contributed by atoms with Crippen molar-refractivity contribution in [1.82, 2.24) is 19.4 Å². The number of carbonyl (C=O) groups excluding carboxylic acids is 1. The fourth-order valence-corrected chi connectivity index (χ4v) is 4.44. The molecular weight excluding hydrogens is 546 g/mol. The summed E-state index contributed by atoms with van der Waals surface area (Å²) in [5.41, 5.74) is -1.55. The Labute approximate surface area is 225 Å². The summed E-state index contributed by atoms with van der Waals surface area (Å²) in [6.07, 6.45) is -3.57. The van der Waals surface area contributed by atoms with Crippen molar-refractivity contribution in [1.29, 1.82) is 0 Å². The molecule has 1 aliphatic rings. The van der Waals surface area contributed by atoms with Crippen molar-refractivity contribution >= 4 is 29.5 Å². The van der Waals surface area contributed by atoms with E-state index in [-0.39, 0.29) is 23.1 Å².